The van der Waals surface area contributed by atoms with Gasteiger partial charge in [0.05, 0.1) is 44.3 Å². The Kier molecular flexibility index (Phi) is 43.4. The first-order valence-corrected chi connectivity index (χ1v) is 44.2. The Balaban J connectivity index is 0.000000350. The molecule has 0 radical (unpaired) electrons. The highest BCUT2D eigenvalue weighted by atomic mass is 35.7. The number of nitrogens with two attached hydrogens (primary N) is 1. The van der Waals surface area contributed by atoms with Crippen molar-refractivity contribution < 1.29 is 71.7 Å². The van der Waals surface area contributed by atoms with Crippen LogP contribution in [0.15, 0.2) is 176 Å². The maximum atomic E-state index is 13.3. The third-order valence-corrected chi connectivity index (χ3v) is 25.6. The van der Waals surface area contributed by atoms with E-state index in [2.05, 4.69) is 118 Å². The molecule has 2 spiro atoms. The van der Waals surface area contributed by atoms with E-state index in [1.165, 1.54) is 39.7 Å². The molecule has 12 rings (SSSR count). The van der Waals surface area contributed by atoms with Gasteiger partial charge in [-0.3, -0.25) is 19.8 Å². The van der Waals surface area contributed by atoms with Gasteiger partial charge < -0.3 is 31.1 Å². The van der Waals surface area contributed by atoms with Crippen molar-refractivity contribution in [2.45, 2.75) is 128 Å². The summed E-state index contributed by atoms with van der Waals surface area (Å²) in [7, 11) is -7.32. The van der Waals surface area contributed by atoms with Gasteiger partial charge in [-0.2, -0.15) is 12.9 Å². The highest BCUT2D eigenvalue weighted by Gasteiger charge is 2.50. The zero-order valence-corrected chi connectivity index (χ0v) is 70.0. The summed E-state index contributed by atoms with van der Waals surface area (Å²) in [4.78, 5) is 25.3. The second kappa shape index (κ2) is 49.5. The molecule has 0 amide bonds. The summed E-state index contributed by atoms with van der Waals surface area (Å²) in [6.07, 6.45) is 14.6. The monoisotopic (exact) mass is 1700 g/mol. The second-order valence-electron chi connectivity index (χ2n) is 25.5. The number of aliphatic hydroxyl groups is 1. The molecule has 23 nitrogen and oxygen atoms in total. The smallest absolute Gasteiger partial charge is 0.261 e. The fourth-order valence-electron chi connectivity index (χ4n) is 11.5. The van der Waals surface area contributed by atoms with Crippen LogP contribution in [-0.4, -0.2) is 185 Å². The Bertz CT molecular complexity index is 5080. The Morgan fingerprint density at radius 3 is 1.20 bits per heavy atom. The van der Waals surface area contributed by atoms with Gasteiger partial charge in [0, 0.05) is 151 Å². The summed E-state index contributed by atoms with van der Waals surface area (Å²) in [6, 6.07) is 44.0. The quantitative estimate of drug-likeness (QED) is 0.0704. The first-order valence-electron chi connectivity index (χ1n) is 35.3. The standard InChI is InChI=1S/C22H28N2O3S.C14H20N2O3S.C14H2.C12H15NO3S.C7H7ClO2S.C6H5ClO2S.C5H9NO.C2H7NO.ClH.H2O/c1-18-5-3-7-20(15-18)17-23-11-9-22(10-12-23)24(13-14-27-22)28(25,26)21-8-4-6-19(2)16-21;1-12-3-2-4-13(11-12)20(17,18)16-8-5-14(6-9-16)15-7-10-19-14;1-3-5-7-9-11-13-14-12-10-8-6-4-2;1-10-3-2-4-12(9-10)17(15,16)13-7-5-11(14)6-8-13;1-6-3-2-4-7(5-6)11(8,9)10;7-10(8,9)6-4-2-1-3-5-6;7-5-1-3-6-4-2-5;3-1-2-4;;/h3-8,15-16H,9-14,17H2,1-2H3;2-4,11,15H,5-10H2,1H3;1-2H;2-4,9H,5-8H2,1H3;2-5H,1H3;1-5H;6H,1-4H2;4H,1-3H2;1H;1H2. The van der Waals surface area contributed by atoms with Crippen LogP contribution < -0.4 is 16.4 Å². The number of carbonyl (C=O) groups excluding carboxylic acids is 2. The Morgan fingerprint density at radius 1 is 0.460 bits per heavy atom. The molecule has 6 aromatic carbocycles. The lowest BCUT2D eigenvalue weighted by Gasteiger charge is -2.42. The molecule has 0 bridgehead atoms. The molecule has 0 unspecified atom stereocenters. The predicted molar refractivity (Wildman–Crippen MR) is 444 cm³/mol. The number of nitrogens with zero attached hydrogens (tertiary/aromatic N) is 4. The average Bonchev–Trinajstić information content (AvgIpc) is 1.65. The molecule has 6 heterocycles. The number of likely N-dealkylation sites (tertiary alicyclic amines) is 1. The first-order chi connectivity index (χ1) is 52.7. The summed E-state index contributed by atoms with van der Waals surface area (Å²) in [5.74, 6) is 28.8. The normalized spacial score (nSPS) is 16.2. The number of aliphatic hydroxyl groups excluding tert-OH is 1. The minimum absolute atomic E-state index is 0. The molecule has 606 valence electrons. The summed E-state index contributed by atoms with van der Waals surface area (Å²) in [6.45, 7) is 18.4. The molecule has 6 aliphatic heterocycles. The molecule has 113 heavy (non-hydrogen) atoms. The van der Waals surface area contributed by atoms with E-state index in [4.69, 9.17) is 54.5 Å². The van der Waals surface area contributed by atoms with Crippen molar-refractivity contribution >= 4 is 93.5 Å². The highest BCUT2D eigenvalue weighted by Crippen LogP contribution is 2.39. The molecular formula is C82H96Cl3N7O16S5. The number of sulfonamides is 3. The minimum Gasteiger partial charge on any atom is -0.412 e. The summed E-state index contributed by atoms with van der Waals surface area (Å²) in [5, 5.41) is 14.2. The fourth-order valence-corrected chi connectivity index (χ4v) is 18.1. The lowest BCUT2D eigenvalue weighted by atomic mass is 10.00. The van der Waals surface area contributed by atoms with Crippen LogP contribution >= 0.6 is 33.8 Å². The summed E-state index contributed by atoms with van der Waals surface area (Å²) >= 11 is 0. The Hall–Kier alpha value is -8.24. The van der Waals surface area contributed by atoms with Crippen molar-refractivity contribution in [3.63, 3.8) is 0 Å². The number of benzene rings is 6. The van der Waals surface area contributed by atoms with Crippen LogP contribution in [0.3, 0.4) is 0 Å². The van der Waals surface area contributed by atoms with Crippen LogP contribution in [0.2, 0.25) is 0 Å². The second-order valence-corrected chi connectivity index (χ2v) is 36.4. The van der Waals surface area contributed by atoms with Gasteiger partial charge in [-0.15, -0.1) is 25.3 Å². The number of terminal acetylenes is 2. The van der Waals surface area contributed by atoms with E-state index < -0.39 is 53.9 Å². The van der Waals surface area contributed by atoms with Gasteiger partial charge in [0.25, 0.3) is 18.1 Å². The van der Waals surface area contributed by atoms with Crippen LogP contribution in [0.4, 0.5) is 0 Å². The molecule has 0 atom stereocenters. The van der Waals surface area contributed by atoms with E-state index >= 15 is 0 Å². The summed E-state index contributed by atoms with van der Waals surface area (Å²) in [5.41, 5.74) is 10.0. The number of ether oxygens (including phenoxy) is 2. The molecule has 0 aromatic heterocycles. The molecule has 0 aliphatic carbocycles. The number of ketones is 2. The lowest BCUT2D eigenvalue weighted by Crippen LogP contribution is -2.54. The molecule has 31 heteroatoms. The molecule has 6 fully saturated rings. The van der Waals surface area contributed by atoms with Gasteiger partial charge in [-0.1, -0.05) is 96.6 Å². The zero-order valence-electron chi connectivity index (χ0n) is 63.6. The third kappa shape index (κ3) is 34.0. The number of nitrogens with one attached hydrogen (secondary N) is 2. The number of piperidine rings is 4. The van der Waals surface area contributed by atoms with Gasteiger partial charge >= 0.3 is 0 Å². The van der Waals surface area contributed by atoms with Crippen LogP contribution in [0, 0.1) is 119 Å². The van der Waals surface area contributed by atoms with Crippen molar-refractivity contribution in [2.75, 3.05) is 91.8 Å². The van der Waals surface area contributed by atoms with Crippen molar-refractivity contribution in [3.8, 4) is 83.9 Å². The van der Waals surface area contributed by atoms with Crippen LogP contribution in [0.25, 0.3) is 0 Å². The lowest BCUT2D eigenvalue weighted by molar-refractivity contribution is -0.121. The minimum atomic E-state index is -3.56. The summed E-state index contributed by atoms with van der Waals surface area (Å²) < 4.78 is 135. The van der Waals surface area contributed by atoms with Gasteiger partial charge in [-0.25, -0.2) is 42.1 Å². The molecule has 6 aliphatic rings. The SMILES string of the molecule is C#CC#CC#CC#CC#CC#CC#C.Cc1cccc(CN2CCC3(CC2)OCCN3S(=O)(=O)c2cccc(C)c2)c1.Cc1cccc(S(=O)(=O)Cl)c1.Cc1cccc(S(=O)(=O)N2CCC(=O)CC2)c1.Cc1cccc(S(=O)(=O)N2CCC3(CC2)NCCO3)c1.Cl.NCCO.O.O=C1CCNCC1.O=S(=O)(Cl)c1ccccc1. The average molecular weight is 1700 g/mol. The van der Waals surface area contributed by atoms with Gasteiger partial charge in [-0.05, 0) is 194 Å². The third-order valence-electron chi connectivity index (χ3n) is 17.1. The first kappa shape index (κ1) is 99.0. The van der Waals surface area contributed by atoms with Crippen LogP contribution in [0.5, 0.6) is 0 Å². The molecule has 6 saturated heterocycles. The van der Waals surface area contributed by atoms with Gasteiger partial charge in [0.15, 0.2) is 0 Å². The van der Waals surface area contributed by atoms with E-state index in [9.17, 15) is 51.7 Å². The number of halogens is 3. The number of hydrogen-bond acceptors (Lipinski definition) is 19. The Labute approximate surface area is 683 Å². The van der Waals surface area contributed by atoms with Crippen LogP contribution in [0.1, 0.15) is 84.7 Å². The van der Waals surface area contributed by atoms with E-state index in [1.54, 1.807) is 87.5 Å². The van der Waals surface area contributed by atoms with E-state index in [0.29, 0.717) is 111 Å². The number of rotatable bonds is 11. The van der Waals surface area contributed by atoms with E-state index in [0.717, 1.165) is 74.4 Å². The highest BCUT2D eigenvalue weighted by molar-refractivity contribution is 8.14. The maximum Gasteiger partial charge on any atom is 0.261 e. The molecule has 0 saturated carbocycles. The van der Waals surface area contributed by atoms with Crippen molar-refractivity contribution in [2.24, 2.45) is 5.73 Å². The number of hydrogen-bond donors (Lipinski definition) is 4. The Morgan fingerprint density at radius 2 is 0.841 bits per heavy atom. The van der Waals surface area contributed by atoms with Gasteiger partial charge in [0.1, 0.15) is 23.0 Å². The number of aryl methyl sites for hydroxylation is 5. The maximum absolute atomic E-state index is 13.3. The number of carbonyl (C=O) groups is 2. The van der Waals surface area contributed by atoms with E-state index in [-0.39, 0.29) is 45.8 Å². The van der Waals surface area contributed by atoms with Crippen molar-refractivity contribution in [1.82, 2.24) is 28.4 Å². The largest absolute Gasteiger partial charge is 0.412 e. The number of Topliss-reactive ketones (excluding diaryl/α,β-unsaturated/α-hetero) is 2. The molecule has 7 N–H and O–H groups in total. The van der Waals surface area contributed by atoms with Crippen LogP contribution in [-0.2, 0) is 73.8 Å². The topological polar surface area (TPSA) is 338 Å². The van der Waals surface area contributed by atoms with E-state index in [1.807, 2.05) is 52.0 Å². The predicted octanol–water partition coefficient (Wildman–Crippen LogP) is 8.04. The molecular weight excluding hydrogens is 1610 g/mol. The zero-order chi connectivity index (χ0) is 81.6. The fraction of sp³-hybridized carbons (Fsp3) is 0.366. The van der Waals surface area contributed by atoms with Crippen molar-refractivity contribution in [3.05, 3.63) is 185 Å². The van der Waals surface area contributed by atoms with Crippen molar-refractivity contribution in [1.29, 1.82) is 0 Å². The molecule has 6 aromatic rings. The van der Waals surface area contributed by atoms with Gasteiger partial charge in [0.2, 0.25) is 30.1 Å².